The highest BCUT2D eigenvalue weighted by Gasteiger charge is 2.25. The van der Waals surface area contributed by atoms with Crippen LogP contribution in [0.4, 0.5) is 5.13 Å². The number of fused-ring (bicyclic) bond motifs is 1. The van der Waals surface area contributed by atoms with E-state index in [-0.39, 0.29) is 17.7 Å². The van der Waals surface area contributed by atoms with Gasteiger partial charge in [-0.05, 0) is 49.6 Å². The summed E-state index contributed by atoms with van der Waals surface area (Å²) in [6.07, 6.45) is 0. The summed E-state index contributed by atoms with van der Waals surface area (Å²) >= 11 is 1.43. The van der Waals surface area contributed by atoms with Crippen molar-refractivity contribution in [3.05, 3.63) is 59.2 Å². The van der Waals surface area contributed by atoms with Crippen LogP contribution in [0.15, 0.2) is 42.5 Å². The fourth-order valence-electron chi connectivity index (χ4n) is 2.73. The molecular formula is C21H23N3O2S. The molecular weight excluding hydrogens is 358 g/mol. The van der Waals surface area contributed by atoms with Crippen LogP contribution >= 0.6 is 11.3 Å². The van der Waals surface area contributed by atoms with Gasteiger partial charge in [-0.25, -0.2) is 4.98 Å². The highest BCUT2D eigenvalue weighted by atomic mass is 32.1. The molecule has 1 aromatic heterocycles. The molecule has 0 radical (unpaired) electrons. The second-order valence-electron chi connectivity index (χ2n) is 7.04. The number of nitrogens with one attached hydrogen (secondary N) is 2. The number of anilines is 1. The van der Waals surface area contributed by atoms with Gasteiger partial charge in [-0.1, -0.05) is 48.9 Å². The van der Waals surface area contributed by atoms with Crippen LogP contribution in [-0.4, -0.2) is 22.8 Å². The lowest BCUT2D eigenvalue weighted by Gasteiger charge is -2.21. The number of aryl methyl sites for hydroxylation is 2. The van der Waals surface area contributed by atoms with Crippen LogP contribution in [0.25, 0.3) is 10.2 Å². The lowest BCUT2D eigenvalue weighted by Crippen LogP contribution is -2.47. The van der Waals surface area contributed by atoms with Gasteiger partial charge in [0.1, 0.15) is 6.04 Å². The van der Waals surface area contributed by atoms with Crippen molar-refractivity contribution in [1.29, 1.82) is 0 Å². The van der Waals surface area contributed by atoms with Crippen LogP contribution in [0.5, 0.6) is 0 Å². The first kappa shape index (κ1) is 19.0. The summed E-state index contributed by atoms with van der Waals surface area (Å²) in [6.45, 7) is 7.79. The molecule has 27 heavy (non-hydrogen) atoms. The molecule has 0 bridgehead atoms. The number of aromatic nitrogens is 1. The normalized spacial score (nSPS) is 12.2. The molecule has 3 aromatic rings. The minimum Gasteiger partial charge on any atom is -0.340 e. The number of nitrogens with zero attached hydrogens (tertiary/aromatic N) is 1. The van der Waals surface area contributed by atoms with E-state index in [1.165, 1.54) is 11.3 Å². The average Bonchev–Trinajstić information content (AvgIpc) is 3.00. The molecule has 140 valence electrons. The molecule has 0 unspecified atom stereocenters. The van der Waals surface area contributed by atoms with Crippen molar-refractivity contribution in [3.8, 4) is 0 Å². The summed E-state index contributed by atoms with van der Waals surface area (Å²) in [6, 6.07) is 12.6. The molecule has 0 aliphatic rings. The zero-order chi connectivity index (χ0) is 19.6. The molecule has 1 heterocycles. The van der Waals surface area contributed by atoms with Crippen molar-refractivity contribution in [2.24, 2.45) is 5.92 Å². The van der Waals surface area contributed by atoms with Crippen LogP contribution in [-0.2, 0) is 4.79 Å². The highest BCUT2D eigenvalue weighted by molar-refractivity contribution is 7.22. The molecule has 0 fully saturated rings. The minimum atomic E-state index is -0.646. The van der Waals surface area contributed by atoms with Crippen LogP contribution < -0.4 is 10.6 Å². The lowest BCUT2D eigenvalue weighted by molar-refractivity contribution is -0.118. The smallest absolute Gasteiger partial charge is 0.251 e. The Kier molecular flexibility index (Phi) is 5.56. The standard InChI is InChI=1S/C21H23N3O2S/c1-12(2)18(23-19(25)15-8-5-13(3)6-9-15)20(26)24-21-22-16-10-7-14(4)11-17(16)27-21/h5-12,18H,1-4H3,(H,23,25)(H,22,24,26)/t18-/m0/s1. The summed E-state index contributed by atoms with van der Waals surface area (Å²) in [5.41, 5.74) is 3.62. The van der Waals surface area contributed by atoms with E-state index in [2.05, 4.69) is 15.6 Å². The van der Waals surface area contributed by atoms with Crippen molar-refractivity contribution < 1.29 is 9.59 Å². The van der Waals surface area contributed by atoms with Crippen molar-refractivity contribution >= 4 is 38.5 Å². The molecule has 2 N–H and O–H groups in total. The molecule has 0 spiro atoms. The molecule has 6 heteroatoms. The van der Waals surface area contributed by atoms with E-state index in [1.54, 1.807) is 12.1 Å². The topological polar surface area (TPSA) is 71.1 Å². The van der Waals surface area contributed by atoms with Crippen molar-refractivity contribution in [1.82, 2.24) is 10.3 Å². The Morgan fingerprint density at radius 1 is 1.00 bits per heavy atom. The van der Waals surface area contributed by atoms with Crippen molar-refractivity contribution in [2.45, 2.75) is 33.7 Å². The van der Waals surface area contributed by atoms with Crippen LogP contribution in [0.3, 0.4) is 0 Å². The summed E-state index contributed by atoms with van der Waals surface area (Å²) in [7, 11) is 0. The molecule has 2 aromatic carbocycles. The van der Waals surface area contributed by atoms with Gasteiger partial charge >= 0.3 is 0 Å². The number of amides is 2. The Bertz CT molecular complexity index is 977. The van der Waals surface area contributed by atoms with E-state index in [0.717, 1.165) is 21.3 Å². The molecule has 1 atom stereocenters. The summed E-state index contributed by atoms with van der Waals surface area (Å²) in [5, 5.41) is 6.23. The van der Waals surface area contributed by atoms with Crippen molar-refractivity contribution in [2.75, 3.05) is 5.32 Å². The van der Waals surface area contributed by atoms with Gasteiger partial charge in [-0.15, -0.1) is 0 Å². The van der Waals surface area contributed by atoms with Gasteiger partial charge < -0.3 is 10.6 Å². The largest absolute Gasteiger partial charge is 0.340 e. The van der Waals surface area contributed by atoms with Gasteiger partial charge in [0, 0.05) is 5.56 Å². The predicted octanol–water partition coefficient (Wildman–Crippen LogP) is 4.31. The zero-order valence-corrected chi connectivity index (χ0v) is 16.7. The predicted molar refractivity (Wildman–Crippen MR) is 110 cm³/mol. The lowest BCUT2D eigenvalue weighted by atomic mass is 10.0. The van der Waals surface area contributed by atoms with Crippen LogP contribution in [0.1, 0.15) is 35.3 Å². The zero-order valence-electron chi connectivity index (χ0n) is 15.9. The number of rotatable bonds is 5. The van der Waals surface area contributed by atoms with E-state index in [4.69, 9.17) is 0 Å². The Morgan fingerprint density at radius 2 is 1.67 bits per heavy atom. The van der Waals surface area contributed by atoms with E-state index in [9.17, 15) is 9.59 Å². The minimum absolute atomic E-state index is 0.0592. The Balaban J connectivity index is 1.74. The van der Waals surface area contributed by atoms with Gasteiger partial charge in [-0.2, -0.15) is 0 Å². The number of carbonyl (C=O) groups is 2. The molecule has 2 amide bonds. The second kappa shape index (κ2) is 7.88. The molecule has 0 aliphatic heterocycles. The molecule has 0 saturated carbocycles. The average molecular weight is 382 g/mol. The maximum atomic E-state index is 12.8. The van der Waals surface area contributed by atoms with E-state index >= 15 is 0 Å². The van der Waals surface area contributed by atoms with Crippen LogP contribution in [0.2, 0.25) is 0 Å². The summed E-state index contributed by atoms with van der Waals surface area (Å²) in [4.78, 5) is 29.7. The SMILES string of the molecule is Cc1ccc(C(=O)N[C@H](C(=O)Nc2nc3ccc(C)cc3s2)C(C)C)cc1. The molecule has 5 nitrogen and oxygen atoms in total. The summed E-state index contributed by atoms with van der Waals surface area (Å²) < 4.78 is 1.02. The summed E-state index contributed by atoms with van der Waals surface area (Å²) in [5.74, 6) is -0.582. The fourth-order valence-corrected chi connectivity index (χ4v) is 3.70. The number of hydrogen-bond donors (Lipinski definition) is 2. The van der Waals surface area contributed by atoms with Gasteiger partial charge in [0.2, 0.25) is 5.91 Å². The van der Waals surface area contributed by atoms with E-state index < -0.39 is 6.04 Å². The van der Waals surface area contributed by atoms with E-state index in [0.29, 0.717) is 10.7 Å². The van der Waals surface area contributed by atoms with Gasteiger partial charge in [-0.3, -0.25) is 9.59 Å². The first-order chi connectivity index (χ1) is 12.8. The quantitative estimate of drug-likeness (QED) is 0.692. The van der Waals surface area contributed by atoms with Gasteiger partial charge in [0.25, 0.3) is 5.91 Å². The first-order valence-corrected chi connectivity index (χ1v) is 9.70. The number of carbonyl (C=O) groups excluding carboxylic acids is 2. The van der Waals surface area contributed by atoms with E-state index in [1.807, 2.05) is 58.0 Å². The number of hydrogen-bond acceptors (Lipinski definition) is 4. The van der Waals surface area contributed by atoms with Crippen LogP contribution in [0, 0.1) is 19.8 Å². The third kappa shape index (κ3) is 4.52. The highest BCUT2D eigenvalue weighted by Crippen LogP contribution is 2.27. The van der Waals surface area contributed by atoms with Gasteiger partial charge in [0.15, 0.2) is 5.13 Å². The fraction of sp³-hybridized carbons (Fsp3) is 0.286. The Hall–Kier alpha value is -2.73. The Labute approximate surface area is 162 Å². The van der Waals surface area contributed by atoms with Crippen molar-refractivity contribution in [3.63, 3.8) is 0 Å². The first-order valence-electron chi connectivity index (χ1n) is 8.89. The third-order valence-corrected chi connectivity index (χ3v) is 5.26. The number of thiazole rings is 1. The molecule has 0 saturated heterocycles. The maximum absolute atomic E-state index is 12.8. The molecule has 3 rings (SSSR count). The number of benzene rings is 2. The third-order valence-electron chi connectivity index (χ3n) is 4.32. The second-order valence-corrected chi connectivity index (χ2v) is 8.07. The Morgan fingerprint density at radius 3 is 2.33 bits per heavy atom. The van der Waals surface area contributed by atoms with Gasteiger partial charge in [0.05, 0.1) is 10.2 Å². The molecule has 0 aliphatic carbocycles. The maximum Gasteiger partial charge on any atom is 0.251 e. The monoisotopic (exact) mass is 381 g/mol.